The molecule has 7 heteroatoms. The Balaban J connectivity index is 2.01. The maximum absolute atomic E-state index is 12.1. The van der Waals surface area contributed by atoms with E-state index in [1.165, 1.54) is 17.0 Å². The number of amides is 1. The van der Waals surface area contributed by atoms with E-state index >= 15 is 0 Å². The fourth-order valence-electron chi connectivity index (χ4n) is 1.96. The van der Waals surface area contributed by atoms with Crippen molar-refractivity contribution in [3.8, 4) is 0 Å². The van der Waals surface area contributed by atoms with E-state index in [-0.39, 0.29) is 11.4 Å². The van der Waals surface area contributed by atoms with Crippen molar-refractivity contribution in [1.29, 1.82) is 0 Å². The van der Waals surface area contributed by atoms with Crippen LogP contribution in [0.4, 0.5) is 4.79 Å². The Morgan fingerprint density at radius 3 is 2.62 bits per heavy atom. The molecule has 1 aromatic carbocycles. The molecule has 1 heterocycles. The molecule has 6 nitrogen and oxygen atoms in total. The van der Waals surface area contributed by atoms with Gasteiger partial charge >= 0.3 is 6.09 Å². The molecule has 1 aliphatic rings. The first-order valence-electron chi connectivity index (χ1n) is 6.88. The minimum absolute atomic E-state index is 0.0520. The first kappa shape index (κ1) is 15.8. The van der Waals surface area contributed by atoms with Crippen molar-refractivity contribution in [3.05, 3.63) is 29.8 Å². The SMILES string of the molecule is CCCCN1CC(OS(=O)(=O)c2ccc(C)cc2)OC1=O. The van der Waals surface area contributed by atoms with E-state index in [2.05, 4.69) is 0 Å². The lowest BCUT2D eigenvalue weighted by Gasteiger charge is -2.12. The predicted octanol–water partition coefficient (Wildman–Crippen LogP) is 2.28. The van der Waals surface area contributed by atoms with E-state index in [1.54, 1.807) is 12.1 Å². The molecule has 116 valence electrons. The van der Waals surface area contributed by atoms with E-state index < -0.39 is 22.5 Å². The summed E-state index contributed by atoms with van der Waals surface area (Å²) in [7, 11) is -3.93. The Labute approximate surface area is 124 Å². The molecule has 2 rings (SSSR count). The van der Waals surface area contributed by atoms with Crippen molar-refractivity contribution in [1.82, 2.24) is 4.90 Å². The molecule has 0 aromatic heterocycles. The molecule has 1 saturated heterocycles. The third kappa shape index (κ3) is 3.95. The minimum Gasteiger partial charge on any atom is -0.416 e. The lowest BCUT2D eigenvalue weighted by atomic mass is 10.2. The summed E-state index contributed by atoms with van der Waals surface area (Å²) in [4.78, 5) is 13.1. The van der Waals surface area contributed by atoms with E-state index in [4.69, 9.17) is 8.92 Å². The Bertz CT molecular complexity index is 596. The van der Waals surface area contributed by atoms with E-state index in [0.29, 0.717) is 6.54 Å². The van der Waals surface area contributed by atoms with Gasteiger partial charge in [0.05, 0.1) is 11.4 Å². The second kappa shape index (κ2) is 6.44. The van der Waals surface area contributed by atoms with E-state index in [1.807, 2.05) is 13.8 Å². The number of hydrogen-bond donors (Lipinski definition) is 0. The van der Waals surface area contributed by atoms with Crippen molar-refractivity contribution in [2.75, 3.05) is 13.1 Å². The van der Waals surface area contributed by atoms with Crippen molar-refractivity contribution >= 4 is 16.2 Å². The average molecular weight is 313 g/mol. The second-order valence-corrected chi connectivity index (χ2v) is 6.55. The summed E-state index contributed by atoms with van der Waals surface area (Å²) in [6.07, 6.45) is 0.164. The van der Waals surface area contributed by atoms with Crippen LogP contribution in [0.2, 0.25) is 0 Å². The Hall–Kier alpha value is -1.60. The molecule has 0 radical (unpaired) electrons. The Kier molecular flexibility index (Phi) is 4.84. The highest BCUT2D eigenvalue weighted by Crippen LogP contribution is 2.20. The molecule has 1 fully saturated rings. The summed E-state index contributed by atoms with van der Waals surface area (Å²) >= 11 is 0. The zero-order chi connectivity index (χ0) is 15.5. The Morgan fingerprint density at radius 1 is 1.33 bits per heavy atom. The number of unbranched alkanes of at least 4 members (excludes halogenated alkanes) is 1. The van der Waals surface area contributed by atoms with Crippen molar-refractivity contribution in [2.24, 2.45) is 0 Å². The third-order valence-electron chi connectivity index (χ3n) is 3.19. The van der Waals surface area contributed by atoms with Crippen LogP contribution in [0.25, 0.3) is 0 Å². The van der Waals surface area contributed by atoms with Gasteiger partial charge in [-0.05, 0) is 25.5 Å². The first-order chi connectivity index (χ1) is 9.92. The van der Waals surface area contributed by atoms with Gasteiger partial charge in [0.1, 0.15) is 0 Å². The summed E-state index contributed by atoms with van der Waals surface area (Å²) in [6.45, 7) is 4.54. The number of hydrogen-bond acceptors (Lipinski definition) is 5. The maximum Gasteiger partial charge on any atom is 0.412 e. The highest BCUT2D eigenvalue weighted by Gasteiger charge is 2.35. The van der Waals surface area contributed by atoms with Crippen LogP contribution in [0.3, 0.4) is 0 Å². The van der Waals surface area contributed by atoms with Crippen LogP contribution in [0.5, 0.6) is 0 Å². The summed E-state index contributed by atoms with van der Waals surface area (Å²) < 4.78 is 34.1. The van der Waals surface area contributed by atoms with Crippen LogP contribution in [-0.2, 0) is 19.0 Å². The number of cyclic esters (lactones) is 1. The summed E-state index contributed by atoms with van der Waals surface area (Å²) in [5.74, 6) is 0. The second-order valence-electron chi connectivity index (χ2n) is 4.98. The van der Waals surface area contributed by atoms with Gasteiger partial charge in [0.25, 0.3) is 10.1 Å². The number of rotatable bonds is 6. The minimum atomic E-state index is -3.93. The first-order valence-corrected chi connectivity index (χ1v) is 8.28. The lowest BCUT2D eigenvalue weighted by molar-refractivity contribution is 0.0105. The van der Waals surface area contributed by atoms with Crippen LogP contribution in [0, 0.1) is 6.92 Å². The predicted molar refractivity (Wildman–Crippen MR) is 76.2 cm³/mol. The maximum atomic E-state index is 12.1. The summed E-state index contributed by atoms with van der Waals surface area (Å²) in [5.41, 5.74) is 0.951. The molecule has 0 N–H and O–H groups in total. The number of nitrogens with zero attached hydrogens (tertiary/aromatic N) is 1. The van der Waals surface area contributed by atoms with Crippen molar-refractivity contribution < 1.29 is 22.1 Å². The van der Waals surface area contributed by atoms with Gasteiger partial charge < -0.3 is 9.64 Å². The van der Waals surface area contributed by atoms with Gasteiger partial charge in [-0.25, -0.2) is 8.98 Å². The summed E-state index contributed by atoms with van der Waals surface area (Å²) in [6, 6.07) is 6.31. The molecule has 1 aromatic rings. The number of ether oxygens (including phenoxy) is 1. The fraction of sp³-hybridized carbons (Fsp3) is 0.500. The zero-order valence-electron chi connectivity index (χ0n) is 12.1. The van der Waals surface area contributed by atoms with E-state index in [0.717, 1.165) is 18.4 Å². The lowest BCUT2D eigenvalue weighted by Crippen LogP contribution is -2.27. The molecule has 1 unspecified atom stereocenters. The molecule has 0 bridgehead atoms. The third-order valence-corrected chi connectivity index (χ3v) is 4.50. The fourth-order valence-corrected chi connectivity index (χ4v) is 2.93. The largest absolute Gasteiger partial charge is 0.416 e. The van der Waals surface area contributed by atoms with Crippen molar-refractivity contribution in [2.45, 2.75) is 37.9 Å². The van der Waals surface area contributed by atoms with Gasteiger partial charge in [0, 0.05) is 6.54 Å². The molecule has 1 atom stereocenters. The van der Waals surface area contributed by atoms with Crippen LogP contribution < -0.4 is 0 Å². The molecule has 21 heavy (non-hydrogen) atoms. The van der Waals surface area contributed by atoms with Crippen LogP contribution in [-0.4, -0.2) is 38.8 Å². The number of carbonyl (C=O) groups excluding carboxylic acids is 1. The smallest absolute Gasteiger partial charge is 0.412 e. The van der Waals surface area contributed by atoms with Gasteiger partial charge in [0.2, 0.25) is 6.29 Å². The molecular formula is C14H19NO5S. The van der Waals surface area contributed by atoms with Crippen LogP contribution in [0.1, 0.15) is 25.3 Å². The van der Waals surface area contributed by atoms with Gasteiger partial charge in [-0.15, -0.1) is 0 Å². The molecule has 1 amide bonds. The zero-order valence-corrected chi connectivity index (χ0v) is 12.9. The topological polar surface area (TPSA) is 72.9 Å². The average Bonchev–Trinajstić information content (AvgIpc) is 2.76. The highest BCUT2D eigenvalue weighted by atomic mass is 32.2. The normalized spacial score (nSPS) is 18.9. The standard InChI is InChI=1S/C14H19NO5S/c1-3-4-9-15-10-13(19-14(15)16)20-21(17,18)12-7-5-11(2)6-8-12/h5-8,13H,3-4,9-10H2,1-2H3. The van der Waals surface area contributed by atoms with E-state index in [9.17, 15) is 13.2 Å². The number of benzene rings is 1. The number of aryl methyl sites for hydroxylation is 1. The molecule has 0 spiro atoms. The Morgan fingerprint density at radius 2 is 2.00 bits per heavy atom. The molecule has 0 saturated carbocycles. The van der Waals surface area contributed by atoms with Crippen molar-refractivity contribution in [3.63, 3.8) is 0 Å². The number of carbonyl (C=O) groups is 1. The monoisotopic (exact) mass is 313 g/mol. The van der Waals surface area contributed by atoms with Gasteiger partial charge in [0.15, 0.2) is 0 Å². The quantitative estimate of drug-likeness (QED) is 0.753. The van der Waals surface area contributed by atoms with Crippen LogP contribution >= 0.6 is 0 Å². The van der Waals surface area contributed by atoms with Crippen LogP contribution in [0.15, 0.2) is 29.2 Å². The summed E-state index contributed by atoms with van der Waals surface area (Å²) in [5, 5.41) is 0. The van der Waals surface area contributed by atoms with Gasteiger partial charge in [-0.2, -0.15) is 8.42 Å². The molecule has 0 aliphatic carbocycles. The highest BCUT2D eigenvalue weighted by molar-refractivity contribution is 7.86. The molecule has 1 aliphatic heterocycles. The van der Waals surface area contributed by atoms with Gasteiger partial charge in [-0.1, -0.05) is 31.0 Å². The molecular weight excluding hydrogens is 294 g/mol. The van der Waals surface area contributed by atoms with Gasteiger partial charge in [-0.3, -0.25) is 0 Å².